The molecule has 0 heterocycles. The first-order chi connectivity index (χ1) is 6.56. The predicted molar refractivity (Wildman–Crippen MR) is 49.4 cm³/mol. The molecule has 0 atom stereocenters. The largest absolute Gasteiger partial charge is 0.330 e. The van der Waals surface area contributed by atoms with Crippen LogP contribution in [0.3, 0.4) is 0 Å². The topological polar surface area (TPSA) is 43.1 Å². The van der Waals surface area contributed by atoms with Crippen molar-refractivity contribution >= 4 is 17.4 Å². The fourth-order valence-electron chi connectivity index (χ4n) is 0.992. The molecule has 0 spiro atoms. The Morgan fingerprint density at radius 2 is 1.86 bits per heavy atom. The van der Waals surface area contributed by atoms with Crippen LogP contribution in [0.5, 0.6) is 0 Å². The highest BCUT2D eigenvalue weighted by molar-refractivity contribution is 6.31. The van der Waals surface area contributed by atoms with Crippen molar-refractivity contribution < 1.29 is 13.6 Å². The Kier molecular flexibility index (Phi) is 3.55. The molecule has 1 rings (SSSR count). The lowest BCUT2D eigenvalue weighted by Gasteiger charge is -2.01. The van der Waals surface area contributed by atoms with Crippen LogP contribution in [-0.4, -0.2) is 12.3 Å². The summed E-state index contributed by atoms with van der Waals surface area (Å²) in [5.41, 5.74) is 5.09. The molecule has 0 unspecified atom stereocenters. The van der Waals surface area contributed by atoms with Gasteiger partial charge in [0, 0.05) is 12.0 Å². The quantitative estimate of drug-likeness (QED) is 0.625. The molecule has 2 N–H and O–H groups in total. The van der Waals surface area contributed by atoms with E-state index in [0.717, 1.165) is 12.1 Å². The molecule has 0 aliphatic heterocycles. The van der Waals surface area contributed by atoms with E-state index in [1.807, 2.05) is 0 Å². The molecule has 1 aromatic rings. The Bertz CT molecular complexity index is 345. The minimum absolute atomic E-state index is 0.0464. The first kappa shape index (κ1) is 11.1. The number of nitrogens with two attached hydrogens (primary N) is 1. The summed E-state index contributed by atoms with van der Waals surface area (Å²) in [6.07, 6.45) is 0.0561. The molecule has 76 valence electrons. The van der Waals surface area contributed by atoms with Gasteiger partial charge in [-0.15, -0.1) is 0 Å². The smallest absolute Gasteiger partial charge is 0.164 e. The number of halogens is 3. The van der Waals surface area contributed by atoms with E-state index in [4.69, 9.17) is 17.3 Å². The van der Waals surface area contributed by atoms with Crippen LogP contribution in [0.15, 0.2) is 12.1 Å². The molecule has 0 aliphatic rings. The van der Waals surface area contributed by atoms with Gasteiger partial charge in [-0.1, -0.05) is 11.6 Å². The molecule has 0 amide bonds. The van der Waals surface area contributed by atoms with E-state index in [9.17, 15) is 13.6 Å². The summed E-state index contributed by atoms with van der Waals surface area (Å²) in [6, 6.07) is 1.81. The molecule has 1 aromatic carbocycles. The Labute approximate surface area is 84.7 Å². The zero-order valence-electron chi connectivity index (χ0n) is 7.19. The van der Waals surface area contributed by atoms with Gasteiger partial charge in [0.15, 0.2) is 5.78 Å². The predicted octanol–water partition coefficient (Wildman–Crippen LogP) is 2.15. The number of Topliss-reactive ketones (excluding diaryl/α,β-unsaturated/α-hetero) is 1. The van der Waals surface area contributed by atoms with Gasteiger partial charge < -0.3 is 5.73 Å². The summed E-state index contributed by atoms with van der Waals surface area (Å²) in [4.78, 5) is 11.2. The molecule has 0 bridgehead atoms. The standard InChI is InChI=1S/C9H8ClF2NO/c10-9-6(11)3-5(4-7(9)12)8(14)1-2-13/h3-4H,1-2,13H2. The second-order valence-electron chi connectivity index (χ2n) is 2.72. The molecular weight excluding hydrogens is 212 g/mol. The highest BCUT2D eigenvalue weighted by Crippen LogP contribution is 2.20. The fourth-order valence-corrected chi connectivity index (χ4v) is 1.10. The summed E-state index contributed by atoms with van der Waals surface area (Å²) in [6.45, 7) is 0.144. The molecule has 2 nitrogen and oxygen atoms in total. The Hall–Kier alpha value is -1.00. The zero-order valence-corrected chi connectivity index (χ0v) is 7.94. The normalized spacial score (nSPS) is 10.3. The van der Waals surface area contributed by atoms with Crippen molar-refractivity contribution in [1.29, 1.82) is 0 Å². The van der Waals surface area contributed by atoms with Crippen molar-refractivity contribution in [2.45, 2.75) is 6.42 Å². The Morgan fingerprint density at radius 1 is 1.36 bits per heavy atom. The van der Waals surface area contributed by atoms with Crippen LogP contribution < -0.4 is 5.73 Å². The molecule has 0 fully saturated rings. The van der Waals surface area contributed by atoms with E-state index in [0.29, 0.717) is 0 Å². The van der Waals surface area contributed by atoms with Crippen molar-refractivity contribution in [2.24, 2.45) is 5.73 Å². The first-order valence-corrected chi connectivity index (χ1v) is 4.32. The van der Waals surface area contributed by atoms with Crippen molar-refractivity contribution in [3.8, 4) is 0 Å². The number of carbonyl (C=O) groups excluding carboxylic acids is 1. The van der Waals surface area contributed by atoms with Gasteiger partial charge in [0.25, 0.3) is 0 Å². The molecule has 0 aliphatic carbocycles. The maximum Gasteiger partial charge on any atom is 0.164 e. The second kappa shape index (κ2) is 4.48. The number of carbonyl (C=O) groups is 1. The van der Waals surface area contributed by atoms with E-state index < -0.39 is 22.4 Å². The molecule has 0 saturated heterocycles. The summed E-state index contributed by atoms with van der Waals surface area (Å²) >= 11 is 5.25. The highest BCUT2D eigenvalue weighted by Gasteiger charge is 2.12. The van der Waals surface area contributed by atoms with Crippen LogP contribution >= 0.6 is 11.6 Å². The van der Waals surface area contributed by atoms with Crippen LogP contribution in [0.2, 0.25) is 5.02 Å². The number of hydrogen-bond acceptors (Lipinski definition) is 2. The Morgan fingerprint density at radius 3 is 2.29 bits per heavy atom. The average molecular weight is 220 g/mol. The van der Waals surface area contributed by atoms with Crippen molar-refractivity contribution in [1.82, 2.24) is 0 Å². The van der Waals surface area contributed by atoms with Gasteiger partial charge in [-0.05, 0) is 18.7 Å². The molecular formula is C9H8ClF2NO. The van der Waals surface area contributed by atoms with Crippen LogP contribution in [0.1, 0.15) is 16.8 Å². The number of hydrogen-bond donors (Lipinski definition) is 1. The van der Waals surface area contributed by atoms with E-state index >= 15 is 0 Å². The summed E-state index contributed by atoms with van der Waals surface area (Å²) in [5.74, 6) is -2.28. The van der Waals surface area contributed by atoms with Gasteiger partial charge >= 0.3 is 0 Å². The molecule has 5 heteroatoms. The first-order valence-electron chi connectivity index (χ1n) is 3.94. The van der Waals surface area contributed by atoms with E-state index in [1.165, 1.54) is 0 Å². The third-order valence-electron chi connectivity index (χ3n) is 1.68. The summed E-state index contributed by atoms with van der Waals surface area (Å²) < 4.78 is 25.8. The lowest BCUT2D eigenvalue weighted by Crippen LogP contribution is -2.08. The van der Waals surface area contributed by atoms with E-state index in [2.05, 4.69) is 0 Å². The summed E-state index contributed by atoms with van der Waals surface area (Å²) in [5, 5.41) is -0.603. The average Bonchev–Trinajstić information content (AvgIpc) is 2.13. The zero-order chi connectivity index (χ0) is 10.7. The van der Waals surface area contributed by atoms with E-state index in [-0.39, 0.29) is 18.5 Å². The van der Waals surface area contributed by atoms with Crippen molar-refractivity contribution in [3.63, 3.8) is 0 Å². The molecule has 0 radical (unpaired) electrons. The van der Waals surface area contributed by atoms with Gasteiger partial charge in [-0.2, -0.15) is 0 Å². The maximum atomic E-state index is 12.9. The lowest BCUT2D eigenvalue weighted by atomic mass is 10.1. The highest BCUT2D eigenvalue weighted by atomic mass is 35.5. The van der Waals surface area contributed by atoms with E-state index in [1.54, 1.807) is 0 Å². The molecule has 0 saturated carbocycles. The van der Waals surface area contributed by atoms with Crippen molar-refractivity contribution in [2.75, 3.05) is 6.54 Å². The van der Waals surface area contributed by atoms with Crippen LogP contribution in [-0.2, 0) is 0 Å². The third kappa shape index (κ3) is 2.27. The molecule has 14 heavy (non-hydrogen) atoms. The van der Waals surface area contributed by atoms with Crippen LogP contribution in [0, 0.1) is 11.6 Å². The van der Waals surface area contributed by atoms with Gasteiger partial charge in [0.05, 0.1) is 0 Å². The second-order valence-corrected chi connectivity index (χ2v) is 3.09. The third-order valence-corrected chi connectivity index (χ3v) is 2.04. The number of rotatable bonds is 3. The monoisotopic (exact) mass is 219 g/mol. The maximum absolute atomic E-state index is 12.9. The van der Waals surface area contributed by atoms with Crippen LogP contribution in [0.4, 0.5) is 8.78 Å². The van der Waals surface area contributed by atoms with Gasteiger partial charge in [0.1, 0.15) is 16.7 Å². The number of ketones is 1. The van der Waals surface area contributed by atoms with Crippen LogP contribution in [0.25, 0.3) is 0 Å². The van der Waals surface area contributed by atoms with Crippen molar-refractivity contribution in [3.05, 3.63) is 34.4 Å². The Balaban J connectivity index is 3.06. The molecule has 0 aromatic heterocycles. The summed E-state index contributed by atoms with van der Waals surface area (Å²) in [7, 11) is 0. The van der Waals surface area contributed by atoms with Gasteiger partial charge in [-0.25, -0.2) is 8.78 Å². The van der Waals surface area contributed by atoms with Gasteiger partial charge in [-0.3, -0.25) is 4.79 Å². The minimum atomic E-state index is -0.938. The minimum Gasteiger partial charge on any atom is -0.330 e. The SMILES string of the molecule is NCCC(=O)c1cc(F)c(Cl)c(F)c1. The lowest BCUT2D eigenvalue weighted by molar-refractivity contribution is 0.0984. The van der Waals surface area contributed by atoms with Gasteiger partial charge in [0.2, 0.25) is 0 Å². The fraction of sp³-hybridized carbons (Fsp3) is 0.222. The number of benzene rings is 1.